The van der Waals surface area contributed by atoms with E-state index in [4.69, 9.17) is 5.11 Å². The van der Waals surface area contributed by atoms with Crippen molar-refractivity contribution in [2.75, 3.05) is 6.54 Å². The van der Waals surface area contributed by atoms with Crippen molar-refractivity contribution in [1.29, 1.82) is 0 Å². The third-order valence-electron chi connectivity index (χ3n) is 4.61. The molecular formula is C22H24N2O2. The first-order chi connectivity index (χ1) is 12.5. The Balaban J connectivity index is 1.54. The lowest BCUT2D eigenvalue weighted by Gasteiger charge is -2.06. The van der Waals surface area contributed by atoms with Crippen molar-refractivity contribution in [2.24, 2.45) is 0 Å². The molecule has 0 atom stereocenters. The van der Waals surface area contributed by atoms with Gasteiger partial charge in [0.2, 0.25) is 0 Å². The van der Waals surface area contributed by atoms with E-state index in [1.807, 2.05) is 24.3 Å². The van der Waals surface area contributed by atoms with Gasteiger partial charge in [0, 0.05) is 28.7 Å². The molecule has 0 aliphatic rings. The second-order valence-electron chi connectivity index (χ2n) is 6.57. The number of hydrogen-bond acceptors (Lipinski definition) is 2. The average Bonchev–Trinajstić information content (AvgIpc) is 2.95. The number of aromatic amines is 1. The molecule has 134 valence electrons. The van der Waals surface area contributed by atoms with Crippen molar-refractivity contribution in [3.8, 4) is 0 Å². The Kier molecular flexibility index (Phi) is 5.54. The van der Waals surface area contributed by atoms with Gasteiger partial charge in [-0.25, -0.2) is 4.79 Å². The van der Waals surface area contributed by atoms with Crippen molar-refractivity contribution in [2.45, 2.75) is 26.8 Å². The van der Waals surface area contributed by atoms with Crippen LogP contribution in [0.4, 0.5) is 0 Å². The van der Waals surface area contributed by atoms with E-state index in [-0.39, 0.29) is 0 Å². The van der Waals surface area contributed by atoms with Gasteiger partial charge in [0.05, 0.1) is 0 Å². The fourth-order valence-electron chi connectivity index (χ4n) is 3.15. The molecule has 0 spiro atoms. The first kappa shape index (κ1) is 18.0. The largest absolute Gasteiger partial charge is 0.478 e. The number of aromatic nitrogens is 1. The summed E-state index contributed by atoms with van der Waals surface area (Å²) in [6.45, 7) is 5.43. The normalized spacial score (nSPS) is 11.8. The van der Waals surface area contributed by atoms with Crippen molar-refractivity contribution >= 4 is 22.9 Å². The molecule has 0 bridgehead atoms. The monoisotopic (exact) mass is 348 g/mol. The zero-order valence-corrected chi connectivity index (χ0v) is 15.2. The smallest absolute Gasteiger partial charge is 0.331 e. The van der Waals surface area contributed by atoms with Crippen LogP contribution in [0.3, 0.4) is 0 Å². The number of aryl methyl sites for hydroxylation is 1. The number of carboxylic acid groups (broad SMARTS) is 1. The second kappa shape index (κ2) is 8.02. The highest BCUT2D eigenvalue weighted by Gasteiger charge is 2.07. The number of rotatable bonds is 7. The zero-order chi connectivity index (χ0) is 18.5. The highest BCUT2D eigenvalue weighted by atomic mass is 16.4. The van der Waals surface area contributed by atoms with Gasteiger partial charge in [-0.3, -0.25) is 0 Å². The molecule has 1 aromatic heterocycles. The second-order valence-corrected chi connectivity index (χ2v) is 6.57. The van der Waals surface area contributed by atoms with E-state index in [1.165, 1.54) is 27.7 Å². The van der Waals surface area contributed by atoms with Crippen LogP contribution < -0.4 is 5.32 Å². The number of carbonyl (C=O) groups is 1. The standard InChI is InChI=1S/C22H24N2O2/c1-15(22(25)26)13-17-7-9-18(10-8-17)14-23-12-11-19-16(2)24-21-6-4-3-5-20(19)21/h3-10,13,23-24H,11-12,14H2,1-2H3,(H,25,26)/b15-13+. The molecule has 26 heavy (non-hydrogen) atoms. The van der Waals surface area contributed by atoms with Crippen LogP contribution in [-0.4, -0.2) is 22.6 Å². The summed E-state index contributed by atoms with van der Waals surface area (Å²) in [5.41, 5.74) is 6.23. The topological polar surface area (TPSA) is 65.1 Å². The predicted molar refractivity (Wildman–Crippen MR) is 106 cm³/mol. The number of fused-ring (bicyclic) bond motifs is 1. The third kappa shape index (κ3) is 4.21. The minimum Gasteiger partial charge on any atom is -0.478 e. The Morgan fingerprint density at radius 3 is 2.62 bits per heavy atom. The molecule has 3 aromatic rings. The minimum atomic E-state index is -0.886. The van der Waals surface area contributed by atoms with Crippen LogP contribution >= 0.6 is 0 Å². The molecule has 4 nitrogen and oxygen atoms in total. The first-order valence-corrected chi connectivity index (χ1v) is 8.82. The maximum absolute atomic E-state index is 10.9. The fraction of sp³-hybridized carbons (Fsp3) is 0.227. The number of hydrogen-bond donors (Lipinski definition) is 3. The first-order valence-electron chi connectivity index (χ1n) is 8.82. The molecular weight excluding hydrogens is 324 g/mol. The van der Waals surface area contributed by atoms with Crippen LogP contribution in [0, 0.1) is 6.92 Å². The Morgan fingerprint density at radius 1 is 1.15 bits per heavy atom. The minimum absolute atomic E-state index is 0.338. The van der Waals surface area contributed by atoms with Crippen molar-refractivity contribution in [3.05, 3.63) is 76.5 Å². The summed E-state index contributed by atoms with van der Waals surface area (Å²) in [4.78, 5) is 14.3. The number of nitrogens with one attached hydrogen (secondary N) is 2. The molecule has 3 rings (SSSR count). The van der Waals surface area contributed by atoms with Crippen LogP contribution in [0.2, 0.25) is 0 Å². The van der Waals surface area contributed by atoms with Gasteiger partial charge in [-0.1, -0.05) is 42.5 Å². The van der Waals surface area contributed by atoms with Crippen LogP contribution in [0.5, 0.6) is 0 Å². The van der Waals surface area contributed by atoms with Crippen molar-refractivity contribution < 1.29 is 9.90 Å². The summed E-state index contributed by atoms with van der Waals surface area (Å²) in [7, 11) is 0. The molecule has 0 aliphatic carbocycles. The average molecular weight is 348 g/mol. The quantitative estimate of drug-likeness (QED) is 0.441. The summed E-state index contributed by atoms with van der Waals surface area (Å²) >= 11 is 0. The Morgan fingerprint density at radius 2 is 1.88 bits per heavy atom. The Hall–Kier alpha value is -2.85. The molecule has 0 saturated heterocycles. The molecule has 4 heteroatoms. The molecule has 0 radical (unpaired) electrons. The number of carboxylic acids is 1. The highest BCUT2D eigenvalue weighted by Crippen LogP contribution is 2.21. The SMILES string of the molecule is C/C(=C\c1ccc(CNCCc2c(C)[nH]c3ccccc23)cc1)C(=O)O. The molecule has 0 aliphatic heterocycles. The summed E-state index contributed by atoms with van der Waals surface area (Å²) in [5.74, 6) is -0.886. The molecule has 0 fully saturated rings. The van der Waals surface area contributed by atoms with E-state index in [2.05, 4.69) is 41.5 Å². The summed E-state index contributed by atoms with van der Waals surface area (Å²) in [6, 6.07) is 16.4. The Bertz CT molecular complexity index is 936. The summed E-state index contributed by atoms with van der Waals surface area (Å²) in [6.07, 6.45) is 2.66. The molecule has 1 heterocycles. The van der Waals surface area contributed by atoms with Gasteiger partial charge in [0.25, 0.3) is 0 Å². The summed E-state index contributed by atoms with van der Waals surface area (Å²) < 4.78 is 0. The number of H-pyrrole nitrogens is 1. The maximum Gasteiger partial charge on any atom is 0.331 e. The van der Waals surface area contributed by atoms with Crippen molar-refractivity contribution in [3.63, 3.8) is 0 Å². The zero-order valence-electron chi connectivity index (χ0n) is 15.2. The number of para-hydroxylation sites is 1. The summed E-state index contributed by atoms with van der Waals surface area (Å²) in [5, 5.41) is 13.7. The molecule has 0 saturated carbocycles. The number of aliphatic carboxylic acids is 1. The van der Waals surface area contributed by atoms with E-state index >= 15 is 0 Å². The molecule has 3 N–H and O–H groups in total. The fourth-order valence-corrected chi connectivity index (χ4v) is 3.15. The van der Waals surface area contributed by atoms with Gasteiger partial charge in [0.1, 0.15) is 0 Å². The third-order valence-corrected chi connectivity index (χ3v) is 4.61. The van der Waals surface area contributed by atoms with E-state index in [0.29, 0.717) is 5.57 Å². The van der Waals surface area contributed by atoms with Gasteiger partial charge in [0.15, 0.2) is 0 Å². The van der Waals surface area contributed by atoms with E-state index in [1.54, 1.807) is 13.0 Å². The van der Waals surface area contributed by atoms with Crippen molar-refractivity contribution in [1.82, 2.24) is 10.3 Å². The maximum atomic E-state index is 10.9. The predicted octanol–water partition coefficient (Wildman–Crippen LogP) is 4.30. The molecule has 0 unspecified atom stereocenters. The van der Waals surface area contributed by atoms with Gasteiger partial charge < -0.3 is 15.4 Å². The van der Waals surface area contributed by atoms with Crippen LogP contribution in [-0.2, 0) is 17.8 Å². The molecule has 2 aromatic carbocycles. The van der Waals surface area contributed by atoms with E-state index in [0.717, 1.165) is 25.1 Å². The Labute approximate surface area is 153 Å². The van der Waals surface area contributed by atoms with Crippen LogP contribution in [0.1, 0.15) is 29.3 Å². The number of benzene rings is 2. The van der Waals surface area contributed by atoms with E-state index < -0.39 is 5.97 Å². The lowest BCUT2D eigenvalue weighted by Crippen LogP contribution is -2.16. The van der Waals surface area contributed by atoms with Gasteiger partial charge in [-0.15, -0.1) is 0 Å². The van der Waals surface area contributed by atoms with Gasteiger partial charge >= 0.3 is 5.97 Å². The lowest BCUT2D eigenvalue weighted by atomic mass is 10.1. The lowest BCUT2D eigenvalue weighted by molar-refractivity contribution is -0.132. The van der Waals surface area contributed by atoms with Crippen LogP contribution in [0.15, 0.2) is 54.1 Å². The van der Waals surface area contributed by atoms with E-state index in [9.17, 15) is 4.79 Å². The highest BCUT2D eigenvalue weighted by molar-refractivity contribution is 5.91. The molecule has 0 amide bonds. The van der Waals surface area contributed by atoms with Gasteiger partial charge in [-0.2, -0.15) is 0 Å². The van der Waals surface area contributed by atoms with Gasteiger partial charge in [-0.05, 0) is 55.6 Å². The van der Waals surface area contributed by atoms with Crippen LogP contribution in [0.25, 0.3) is 17.0 Å².